The number of amides is 2. The standard InChI is InChI=1S/C15H21N3O3/c1-21-14(19)13(11-5-3-2-4-6-11)17-12-7-9-18(10-8-12)15(16)20/h2-6,12-13,17H,7-10H2,1H3,(H2,16,20). The molecule has 6 heteroatoms. The van der Waals surface area contributed by atoms with E-state index in [1.54, 1.807) is 4.90 Å². The third-order valence-corrected chi connectivity index (χ3v) is 3.78. The maximum absolute atomic E-state index is 12.0. The van der Waals surface area contributed by atoms with Gasteiger partial charge in [-0.2, -0.15) is 0 Å². The summed E-state index contributed by atoms with van der Waals surface area (Å²) in [5.41, 5.74) is 6.14. The van der Waals surface area contributed by atoms with Gasteiger partial charge < -0.3 is 15.4 Å². The molecule has 1 aliphatic rings. The van der Waals surface area contributed by atoms with Gasteiger partial charge in [0.05, 0.1) is 7.11 Å². The molecule has 2 amide bonds. The van der Waals surface area contributed by atoms with Crippen LogP contribution in [0.25, 0.3) is 0 Å². The highest BCUT2D eigenvalue weighted by molar-refractivity contribution is 5.77. The molecule has 0 bridgehead atoms. The van der Waals surface area contributed by atoms with E-state index in [4.69, 9.17) is 10.5 Å². The lowest BCUT2D eigenvalue weighted by Crippen LogP contribution is -2.48. The summed E-state index contributed by atoms with van der Waals surface area (Å²) in [4.78, 5) is 24.7. The summed E-state index contributed by atoms with van der Waals surface area (Å²) in [6.07, 6.45) is 1.53. The van der Waals surface area contributed by atoms with Crippen molar-refractivity contribution < 1.29 is 14.3 Å². The Bertz CT molecular complexity index is 484. The number of primary amides is 1. The Morgan fingerprint density at radius 2 is 1.90 bits per heavy atom. The molecule has 0 spiro atoms. The van der Waals surface area contributed by atoms with Crippen molar-refractivity contribution in [2.75, 3.05) is 20.2 Å². The quantitative estimate of drug-likeness (QED) is 0.812. The van der Waals surface area contributed by atoms with Gasteiger partial charge >= 0.3 is 12.0 Å². The summed E-state index contributed by atoms with van der Waals surface area (Å²) in [7, 11) is 1.38. The monoisotopic (exact) mass is 291 g/mol. The van der Waals surface area contributed by atoms with E-state index in [9.17, 15) is 9.59 Å². The van der Waals surface area contributed by atoms with Crippen LogP contribution < -0.4 is 11.1 Å². The molecule has 1 aromatic carbocycles. The van der Waals surface area contributed by atoms with Crippen LogP contribution in [0.15, 0.2) is 30.3 Å². The number of esters is 1. The van der Waals surface area contributed by atoms with Crippen molar-refractivity contribution in [2.45, 2.75) is 24.9 Å². The van der Waals surface area contributed by atoms with Crippen molar-refractivity contribution in [3.8, 4) is 0 Å². The van der Waals surface area contributed by atoms with E-state index in [-0.39, 0.29) is 18.0 Å². The first kappa shape index (κ1) is 15.3. The Kier molecular flexibility index (Phi) is 5.16. The van der Waals surface area contributed by atoms with Gasteiger partial charge in [0, 0.05) is 19.1 Å². The van der Waals surface area contributed by atoms with Gasteiger partial charge in [0.25, 0.3) is 0 Å². The number of hydrogen-bond donors (Lipinski definition) is 2. The highest BCUT2D eigenvalue weighted by Crippen LogP contribution is 2.19. The number of hydrogen-bond acceptors (Lipinski definition) is 4. The van der Waals surface area contributed by atoms with Crippen molar-refractivity contribution in [1.29, 1.82) is 0 Å². The molecule has 1 aromatic rings. The molecule has 21 heavy (non-hydrogen) atoms. The van der Waals surface area contributed by atoms with Crippen LogP contribution in [0.3, 0.4) is 0 Å². The average molecular weight is 291 g/mol. The summed E-state index contributed by atoms with van der Waals surface area (Å²) in [6, 6.07) is 8.77. The molecule has 1 aliphatic heterocycles. The average Bonchev–Trinajstić information content (AvgIpc) is 2.53. The van der Waals surface area contributed by atoms with Gasteiger partial charge in [0.15, 0.2) is 0 Å². The highest BCUT2D eigenvalue weighted by atomic mass is 16.5. The molecule has 0 radical (unpaired) electrons. The molecule has 2 rings (SSSR count). The minimum Gasteiger partial charge on any atom is -0.468 e. The predicted molar refractivity (Wildman–Crippen MR) is 78.5 cm³/mol. The highest BCUT2D eigenvalue weighted by Gasteiger charge is 2.27. The number of carbonyl (C=O) groups excluding carboxylic acids is 2. The van der Waals surface area contributed by atoms with Crippen LogP contribution in [-0.2, 0) is 9.53 Å². The fourth-order valence-corrected chi connectivity index (χ4v) is 2.57. The lowest BCUT2D eigenvalue weighted by Gasteiger charge is -2.33. The maximum atomic E-state index is 12.0. The number of benzene rings is 1. The third kappa shape index (κ3) is 3.95. The number of piperidine rings is 1. The topological polar surface area (TPSA) is 84.7 Å². The summed E-state index contributed by atoms with van der Waals surface area (Å²) in [6.45, 7) is 1.21. The fourth-order valence-electron chi connectivity index (χ4n) is 2.57. The molecule has 3 N–H and O–H groups in total. The molecule has 0 aliphatic carbocycles. The van der Waals surface area contributed by atoms with Crippen LogP contribution >= 0.6 is 0 Å². The summed E-state index contributed by atoms with van der Waals surface area (Å²) >= 11 is 0. The molecule has 1 atom stereocenters. The van der Waals surface area contributed by atoms with Gasteiger partial charge in [-0.25, -0.2) is 9.59 Å². The number of nitrogens with one attached hydrogen (secondary N) is 1. The van der Waals surface area contributed by atoms with E-state index in [2.05, 4.69) is 5.32 Å². The van der Waals surface area contributed by atoms with Crippen molar-refractivity contribution in [2.24, 2.45) is 5.73 Å². The minimum absolute atomic E-state index is 0.157. The summed E-state index contributed by atoms with van der Waals surface area (Å²) in [5.74, 6) is -0.307. The zero-order valence-corrected chi connectivity index (χ0v) is 12.1. The van der Waals surface area contributed by atoms with Gasteiger partial charge in [-0.1, -0.05) is 30.3 Å². The molecule has 1 unspecified atom stereocenters. The second-order valence-electron chi connectivity index (χ2n) is 5.13. The Balaban J connectivity index is 2.00. The second-order valence-corrected chi connectivity index (χ2v) is 5.13. The number of likely N-dealkylation sites (tertiary alicyclic amines) is 1. The van der Waals surface area contributed by atoms with E-state index >= 15 is 0 Å². The van der Waals surface area contributed by atoms with E-state index in [0.717, 1.165) is 18.4 Å². The molecule has 1 fully saturated rings. The van der Waals surface area contributed by atoms with E-state index in [0.29, 0.717) is 13.1 Å². The smallest absolute Gasteiger partial charge is 0.327 e. The molecular weight excluding hydrogens is 270 g/mol. The zero-order valence-electron chi connectivity index (χ0n) is 12.1. The third-order valence-electron chi connectivity index (χ3n) is 3.78. The Morgan fingerprint density at radius 1 is 1.29 bits per heavy atom. The van der Waals surface area contributed by atoms with Crippen LogP contribution in [0.2, 0.25) is 0 Å². The first-order chi connectivity index (χ1) is 10.1. The van der Waals surface area contributed by atoms with E-state index in [1.165, 1.54) is 7.11 Å². The zero-order chi connectivity index (χ0) is 15.2. The van der Waals surface area contributed by atoms with Crippen LogP contribution in [0, 0.1) is 0 Å². The Labute approximate surface area is 124 Å². The molecule has 1 heterocycles. The summed E-state index contributed by atoms with van der Waals surface area (Å²) < 4.78 is 4.88. The van der Waals surface area contributed by atoms with Gasteiger partial charge in [-0.15, -0.1) is 0 Å². The maximum Gasteiger partial charge on any atom is 0.327 e. The molecule has 6 nitrogen and oxygen atoms in total. The Hall–Kier alpha value is -2.08. The van der Waals surface area contributed by atoms with Crippen molar-refractivity contribution >= 4 is 12.0 Å². The number of nitrogens with zero attached hydrogens (tertiary/aromatic N) is 1. The number of urea groups is 1. The predicted octanol–water partition coefficient (Wildman–Crippen LogP) is 1.03. The molecular formula is C15H21N3O3. The summed E-state index contributed by atoms with van der Waals surface area (Å²) in [5, 5.41) is 3.33. The number of methoxy groups -OCH3 is 1. The molecule has 0 saturated carbocycles. The SMILES string of the molecule is COC(=O)C(NC1CCN(C(N)=O)CC1)c1ccccc1. The first-order valence-electron chi connectivity index (χ1n) is 7.05. The molecule has 1 saturated heterocycles. The van der Waals surface area contributed by atoms with Crippen LogP contribution in [0.1, 0.15) is 24.4 Å². The van der Waals surface area contributed by atoms with Crippen LogP contribution in [-0.4, -0.2) is 43.1 Å². The lowest BCUT2D eigenvalue weighted by molar-refractivity contribution is -0.143. The lowest BCUT2D eigenvalue weighted by atomic mass is 10.0. The molecule has 114 valence electrons. The van der Waals surface area contributed by atoms with E-state index < -0.39 is 6.04 Å². The van der Waals surface area contributed by atoms with Gasteiger partial charge in [-0.05, 0) is 18.4 Å². The van der Waals surface area contributed by atoms with Gasteiger partial charge in [0.2, 0.25) is 0 Å². The number of ether oxygens (including phenoxy) is 1. The fraction of sp³-hybridized carbons (Fsp3) is 0.467. The number of nitrogens with two attached hydrogens (primary N) is 1. The van der Waals surface area contributed by atoms with Gasteiger partial charge in [0.1, 0.15) is 6.04 Å². The van der Waals surface area contributed by atoms with Crippen molar-refractivity contribution in [3.63, 3.8) is 0 Å². The minimum atomic E-state index is -0.485. The van der Waals surface area contributed by atoms with Crippen molar-refractivity contribution in [1.82, 2.24) is 10.2 Å². The van der Waals surface area contributed by atoms with Gasteiger partial charge in [-0.3, -0.25) is 5.32 Å². The van der Waals surface area contributed by atoms with Crippen LogP contribution in [0.5, 0.6) is 0 Å². The van der Waals surface area contributed by atoms with E-state index in [1.807, 2.05) is 30.3 Å². The van der Waals surface area contributed by atoms with Crippen molar-refractivity contribution in [3.05, 3.63) is 35.9 Å². The largest absolute Gasteiger partial charge is 0.468 e. The molecule has 0 aromatic heterocycles. The van der Waals surface area contributed by atoms with Crippen LogP contribution in [0.4, 0.5) is 4.79 Å². The number of rotatable bonds is 4. The number of carbonyl (C=O) groups is 2. The first-order valence-corrected chi connectivity index (χ1v) is 7.05. The Morgan fingerprint density at radius 3 is 2.43 bits per heavy atom. The normalized spacial score (nSPS) is 17.3. The second kappa shape index (κ2) is 7.08.